The maximum Gasteiger partial charge on any atom is 0.227 e. The molecule has 0 bridgehead atoms. The summed E-state index contributed by atoms with van der Waals surface area (Å²) in [5.74, 6) is 0.826. The first-order chi connectivity index (χ1) is 12.1. The summed E-state index contributed by atoms with van der Waals surface area (Å²) < 4.78 is 5.76. The normalized spacial score (nSPS) is 13.8. The maximum atomic E-state index is 12.3. The van der Waals surface area contributed by atoms with E-state index < -0.39 is 0 Å². The quantitative estimate of drug-likeness (QED) is 0.853. The van der Waals surface area contributed by atoms with Gasteiger partial charge in [-0.3, -0.25) is 4.79 Å². The lowest BCUT2D eigenvalue weighted by molar-refractivity contribution is -0.116. The number of hydrogen-bond donors (Lipinski definition) is 1. The second-order valence-electron chi connectivity index (χ2n) is 6.63. The van der Waals surface area contributed by atoms with Crippen LogP contribution < -0.4 is 15.0 Å². The van der Waals surface area contributed by atoms with Gasteiger partial charge in [-0.15, -0.1) is 0 Å². The van der Waals surface area contributed by atoms with Crippen LogP contribution in [0.2, 0.25) is 0 Å². The van der Waals surface area contributed by atoms with Gasteiger partial charge in [-0.2, -0.15) is 0 Å². The van der Waals surface area contributed by atoms with Crippen molar-refractivity contribution in [2.45, 2.75) is 33.1 Å². The summed E-state index contributed by atoms with van der Waals surface area (Å²) in [5.41, 5.74) is 4.31. The molecule has 1 saturated heterocycles. The number of nitrogens with one attached hydrogen (secondary N) is 1. The van der Waals surface area contributed by atoms with Gasteiger partial charge in [-0.1, -0.05) is 29.8 Å². The van der Waals surface area contributed by atoms with Crippen molar-refractivity contribution in [3.63, 3.8) is 0 Å². The van der Waals surface area contributed by atoms with Crippen molar-refractivity contribution >= 4 is 17.3 Å². The van der Waals surface area contributed by atoms with E-state index in [1.54, 1.807) is 0 Å². The Balaban J connectivity index is 1.54. The van der Waals surface area contributed by atoms with Crippen LogP contribution in [0.3, 0.4) is 0 Å². The number of anilines is 2. The third-order valence-corrected chi connectivity index (χ3v) is 4.54. The van der Waals surface area contributed by atoms with Gasteiger partial charge in [0, 0.05) is 13.1 Å². The smallest absolute Gasteiger partial charge is 0.227 e. The molecule has 0 radical (unpaired) electrons. The predicted octanol–water partition coefficient (Wildman–Crippen LogP) is 4.31. The van der Waals surface area contributed by atoms with Gasteiger partial charge in [0.2, 0.25) is 5.91 Å². The number of rotatable bonds is 6. The fourth-order valence-electron chi connectivity index (χ4n) is 3.24. The Morgan fingerprint density at radius 2 is 1.88 bits per heavy atom. The van der Waals surface area contributed by atoms with Crippen LogP contribution in [0.4, 0.5) is 11.4 Å². The SMILES string of the molecule is Cc1ccc(OCCC(=O)Nc2ccccc2N2CCCC2)c(C)c1. The zero-order valence-electron chi connectivity index (χ0n) is 15.0. The minimum Gasteiger partial charge on any atom is -0.493 e. The third kappa shape index (κ3) is 4.53. The first-order valence-electron chi connectivity index (χ1n) is 8.97. The minimum absolute atomic E-state index is 0.0172. The Bertz CT molecular complexity index is 736. The molecule has 0 unspecified atom stereocenters. The van der Waals surface area contributed by atoms with Crippen LogP contribution in [-0.2, 0) is 4.79 Å². The van der Waals surface area contributed by atoms with Gasteiger partial charge >= 0.3 is 0 Å². The van der Waals surface area contributed by atoms with Gasteiger partial charge in [0.15, 0.2) is 0 Å². The first-order valence-corrected chi connectivity index (χ1v) is 8.97. The fourth-order valence-corrected chi connectivity index (χ4v) is 3.24. The Kier molecular flexibility index (Phi) is 5.59. The molecule has 0 atom stereocenters. The predicted molar refractivity (Wildman–Crippen MR) is 103 cm³/mol. The van der Waals surface area contributed by atoms with Crippen LogP contribution in [0.25, 0.3) is 0 Å². The Morgan fingerprint density at radius 1 is 1.12 bits per heavy atom. The van der Waals surface area contributed by atoms with Crippen LogP contribution in [0, 0.1) is 13.8 Å². The standard InChI is InChI=1S/C21H26N2O2/c1-16-9-10-20(17(2)15-16)25-14-11-21(24)22-18-7-3-4-8-19(18)23-12-5-6-13-23/h3-4,7-10,15H,5-6,11-14H2,1-2H3,(H,22,24). The lowest BCUT2D eigenvalue weighted by Gasteiger charge is -2.21. The van der Waals surface area contributed by atoms with Crippen LogP contribution >= 0.6 is 0 Å². The van der Waals surface area contributed by atoms with Gasteiger partial charge < -0.3 is 15.0 Å². The number of hydrogen-bond acceptors (Lipinski definition) is 3. The highest BCUT2D eigenvalue weighted by atomic mass is 16.5. The van der Waals surface area contributed by atoms with Gasteiger partial charge in [0.25, 0.3) is 0 Å². The van der Waals surface area contributed by atoms with Crippen LogP contribution in [0.5, 0.6) is 5.75 Å². The fraction of sp³-hybridized carbons (Fsp3) is 0.381. The van der Waals surface area contributed by atoms with E-state index in [0.29, 0.717) is 13.0 Å². The molecular weight excluding hydrogens is 312 g/mol. The number of para-hydroxylation sites is 2. The van der Waals surface area contributed by atoms with Crippen molar-refractivity contribution in [1.82, 2.24) is 0 Å². The lowest BCUT2D eigenvalue weighted by Crippen LogP contribution is -2.21. The van der Waals surface area contributed by atoms with Crippen molar-refractivity contribution in [2.24, 2.45) is 0 Å². The lowest BCUT2D eigenvalue weighted by atomic mass is 10.1. The van der Waals surface area contributed by atoms with Crippen molar-refractivity contribution < 1.29 is 9.53 Å². The average Bonchev–Trinajstić information content (AvgIpc) is 3.12. The molecule has 2 aromatic carbocycles. The number of carbonyl (C=O) groups excluding carboxylic acids is 1. The highest BCUT2D eigenvalue weighted by Crippen LogP contribution is 2.28. The molecule has 0 saturated carbocycles. The van der Waals surface area contributed by atoms with Gasteiger partial charge in [-0.25, -0.2) is 0 Å². The van der Waals surface area contributed by atoms with Crippen LogP contribution in [0.1, 0.15) is 30.4 Å². The summed E-state index contributed by atoms with van der Waals surface area (Å²) in [6.45, 7) is 6.57. The topological polar surface area (TPSA) is 41.6 Å². The summed E-state index contributed by atoms with van der Waals surface area (Å²) >= 11 is 0. The van der Waals surface area contributed by atoms with Crippen molar-refractivity contribution in [3.05, 3.63) is 53.6 Å². The number of ether oxygens (including phenoxy) is 1. The molecule has 1 aliphatic rings. The van der Waals surface area contributed by atoms with Gasteiger partial charge in [0.05, 0.1) is 24.4 Å². The van der Waals surface area contributed by atoms with E-state index in [1.165, 1.54) is 18.4 Å². The summed E-state index contributed by atoms with van der Waals surface area (Å²) in [6, 6.07) is 14.1. The summed E-state index contributed by atoms with van der Waals surface area (Å²) in [5, 5.41) is 3.04. The highest BCUT2D eigenvalue weighted by Gasteiger charge is 2.16. The summed E-state index contributed by atoms with van der Waals surface area (Å²) in [4.78, 5) is 14.6. The van der Waals surface area contributed by atoms with E-state index in [0.717, 1.165) is 35.8 Å². The van der Waals surface area contributed by atoms with E-state index in [4.69, 9.17) is 4.74 Å². The van der Waals surface area contributed by atoms with Crippen LogP contribution in [0.15, 0.2) is 42.5 Å². The maximum absolute atomic E-state index is 12.3. The molecule has 1 fully saturated rings. The number of aryl methyl sites for hydroxylation is 2. The summed E-state index contributed by atoms with van der Waals surface area (Å²) in [7, 11) is 0. The van der Waals surface area contributed by atoms with E-state index in [1.807, 2.05) is 37.3 Å². The Labute approximate surface area is 149 Å². The molecule has 1 N–H and O–H groups in total. The largest absolute Gasteiger partial charge is 0.493 e. The molecule has 4 heteroatoms. The molecule has 25 heavy (non-hydrogen) atoms. The number of nitrogens with zero attached hydrogens (tertiary/aromatic N) is 1. The van der Waals surface area contributed by atoms with Crippen LogP contribution in [-0.4, -0.2) is 25.6 Å². The zero-order chi connectivity index (χ0) is 17.6. The number of carbonyl (C=O) groups is 1. The van der Waals surface area contributed by atoms with Crippen molar-refractivity contribution in [1.29, 1.82) is 0 Å². The molecule has 0 aromatic heterocycles. The molecule has 0 aliphatic carbocycles. The molecule has 4 nitrogen and oxygen atoms in total. The molecular formula is C21H26N2O2. The number of amides is 1. The van der Waals surface area contributed by atoms with E-state index >= 15 is 0 Å². The molecule has 1 heterocycles. The van der Waals surface area contributed by atoms with Gasteiger partial charge in [0.1, 0.15) is 5.75 Å². The molecule has 3 rings (SSSR count). The molecule has 132 valence electrons. The minimum atomic E-state index is -0.0172. The zero-order valence-corrected chi connectivity index (χ0v) is 15.0. The highest BCUT2D eigenvalue weighted by molar-refractivity contribution is 5.94. The third-order valence-electron chi connectivity index (χ3n) is 4.54. The molecule has 1 amide bonds. The first kappa shape index (κ1) is 17.3. The second-order valence-corrected chi connectivity index (χ2v) is 6.63. The Hall–Kier alpha value is -2.49. The average molecular weight is 338 g/mol. The van der Waals surface area contributed by atoms with Crippen molar-refractivity contribution in [2.75, 3.05) is 29.9 Å². The van der Waals surface area contributed by atoms with E-state index in [9.17, 15) is 4.79 Å². The van der Waals surface area contributed by atoms with Crippen molar-refractivity contribution in [3.8, 4) is 5.75 Å². The van der Waals surface area contributed by atoms with E-state index in [2.05, 4.69) is 29.3 Å². The Morgan fingerprint density at radius 3 is 2.64 bits per heavy atom. The summed E-state index contributed by atoms with van der Waals surface area (Å²) in [6.07, 6.45) is 2.76. The van der Waals surface area contributed by atoms with Gasteiger partial charge in [-0.05, 0) is 50.5 Å². The molecule has 2 aromatic rings. The molecule has 0 spiro atoms. The monoisotopic (exact) mass is 338 g/mol. The van der Waals surface area contributed by atoms with E-state index in [-0.39, 0.29) is 5.91 Å². The molecule has 1 aliphatic heterocycles. The second kappa shape index (κ2) is 8.06. The number of benzene rings is 2.